The maximum Gasteiger partial charge on any atom is 0.322 e. The molecule has 1 fully saturated rings. The number of hydrogen-bond acceptors (Lipinski definition) is 4. The summed E-state index contributed by atoms with van der Waals surface area (Å²) in [6, 6.07) is 6.76. The molecule has 1 aromatic carbocycles. The molecular weight excluding hydrogens is 284 g/mol. The highest BCUT2D eigenvalue weighted by atomic mass is 16.2. The fourth-order valence-electron chi connectivity index (χ4n) is 2.17. The van der Waals surface area contributed by atoms with Gasteiger partial charge in [-0.05, 0) is 24.1 Å². The molecule has 0 radical (unpaired) electrons. The number of nitrogens with zero attached hydrogens (tertiary/aromatic N) is 1. The maximum absolute atomic E-state index is 11.8. The molecule has 2 rings (SSSR count). The number of benzene rings is 1. The van der Waals surface area contributed by atoms with E-state index < -0.39 is 12.1 Å². The summed E-state index contributed by atoms with van der Waals surface area (Å²) >= 11 is 0. The number of rotatable bonds is 6. The van der Waals surface area contributed by atoms with Gasteiger partial charge in [0.1, 0.15) is 6.04 Å². The zero-order chi connectivity index (χ0) is 16.1. The molecule has 7 heteroatoms. The van der Waals surface area contributed by atoms with E-state index in [1.807, 2.05) is 43.3 Å². The molecule has 0 saturated carbocycles. The average molecular weight is 304 g/mol. The fraction of sp³-hybridized carbons (Fsp3) is 0.400. The van der Waals surface area contributed by atoms with Crippen LogP contribution < -0.4 is 20.9 Å². The van der Waals surface area contributed by atoms with Crippen molar-refractivity contribution in [2.75, 3.05) is 19.0 Å². The summed E-state index contributed by atoms with van der Waals surface area (Å²) in [4.78, 5) is 36.1. The van der Waals surface area contributed by atoms with Crippen LogP contribution in [0.2, 0.25) is 0 Å². The van der Waals surface area contributed by atoms with Crippen LogP contribution in [0.15, 0.2) is 24.3 Å². The minimum atomic E-state index is -0.615. The number of hydrogen-bond donors (Lipinski definition) is 3. The Balaban J connectivity index is 1.77. The van der Waals surface area contributed by atoms with E-state index in [2.05, 4.69) is 16.0 Å². The predicted octanol–water partition coefficient (Wildman–Crippen LogP) is 0.357. The SMILES string of the molecule is CN(C)c1cccc(CNC(=O)CC[C@H]2NC(=O)NC2=O)c1. The molecule has 0 aromatic heterocycles. The van der Waals surface area contributed by atoms with Crippen molar-refractivity contribution in [3.05, 3.63) is 29.8 Å². The third-order valence-electron chi connectivity index (χ3n) is 3.44. The van der Waals surface area contributed by atoms with E-state index in [0.717, 1.165) is 11.3 Å². The molecule has 7 nitrogen and oxygen atoms in total. The third-order valence-corrected chi connectivity index (χ3v) is 3.44. The first kappa shape index (κ1) is 15.8. The normalized spacial score (nSPS) is 16.9. The molecule has 1 atom stereocenters. The van der Waals surface area contributed by atoms with Gasteiger partial charge in [0.25, 0.3) is 5.91 Å². The lowest BCUT2D eigenvalue weighted by molar-refractivity contribution is -0.122. The Bertz CT molecular complexity index is 586. The molecule has 3 N–H and O–H groups in total. The van der Waals surface area contributed by atoms with Crippen LogP contribution in [0.25, 0.3) is 0 Å². The van der Waals surface area contributed by atoms with Gasteiger partial charge in [-0.3, -0.25) is 14.9 Å². The van der Waals surface area contributed by atoms with Crippen molar-refractivity contribution in [2.24, 2.45) is 0 Å². The standard InChI is InChI=1S/C15H20N4O3/c1-19(2)11-5-3-4-10(8-11)9-16-13(20)7-6-12-14(21)18-15(22)17-12/h3-5,8,12H,6-7,9H2,1-2H3,(H,16,20)(H2,17,18,21,22)/t12-/m1/s1. The lowest BCUT2D eigenvalue weighted by atomic mass is 10.1. The summed E-state index contributed by atoms with van der Waals surface area (Å²) in [7, 11) is 3.91. The van der Waals surface area contributed by atoms with Crippen LogP contribution in [0.4, 0.5) is 10.5 Å². The van der Waals surface area contributed by atoms with Gasteiger partial charge in [-0.2, -0.15) is 0 Å². The minimum Gasteiger partial charge on any atom is -0.378 e. The number of carbonyl (C=O) groups is 3. The highest BCUT2D eigenvalue weighted by Crippen LogP contribution is 2.13. The molecule has 1 aliphatic heterocycles. The first-order chi connectivity index (χ1) is 10.5. The van der Waals surface area contributed by atoms with E-state index in [1.54, 1.807) is 0 Å². The molecule has 0 aliphatic carbocycles. The summed E-state index contributed by atoms with van der Waals surface area (Å²) in [6.45, 7) is 0.434. The largest absolute Gasteiger partial charge is 0.378 e. The third kappa shape index (κ3) is 4.21. The van der Waals surface area contributed by atoms with Crippen molar-refractivity contribution in [3.8, 4) is 0 Å². The Hall–Kier alpha value is -2.57. The van der Waals surface area contributed by atoms with Crippen molar-refractivity contribution >= 4 is 23.5 Å². The monoisotopic (exact) mass is 304 g/mol. The van der Waals surface area contributed by atoms with E-state index in [-0.39, 0.29) is 18.2 Å². The molecule has 4 amide bonds. The first-order valence-electron chi connectivity index (χ1n) is 7.10. The van der Waals surface area contributed by atoms with Crippen molar-refractivity contribution < 1.29 is 14.4 Å². The van der Waals surface area contributed by atoms with Gasteiger partial charge in [0.2, 0.25) is 5.91 Å². The number of nitrogens with one attached hydrogen (secondary N) is 3. The van der Waals surface area contributed by atoms with Crippen LogP contribution >= 0.6 is 0 Å². The zero-order valence-electron chi connectivity index (χ0n) is 12.7. The fourth-order valence-corrected chi connectivity index (χ4v) is 2.17. The summed E-state index contributed by atoms with van der Waals surface area (Å²) in [6.07, 6.45) is 0.479. The topological polar surface area (TPSA) is 90.5 Å². The molecule has 118 valence electrons. The van der Waals surface area contributed by atoms with Gasteiger partial charge in [-0.1, -0.05) is 12.1 Å². The molecule has 1 saturated heterocycles. The summed E-state index contributed by atoms with van der Waals surface area (Å²) in [5, 5.41) is 7.42. The van der Waals surface area contributed by atoms with E-state index in [0.29, 0.717) is 13.0 Å². The van der Waals surface area contributed by atoms with Gasteiger partial charge in [-0.25, -0.2) is 4.79 Å². The van der Waals surface area contributed by atoms with Crippen LogP contribution in [0, 0.1) is 0 Å². The molecule has 0 bridgehead atoms. The molecule has 1 aliphatic rings. The zero-order valence-corrected chi connectivity index (χ0v) is 12.7. The lowest BCUT2D eigenvalue weighted by Gasteiger charge is -2.14. The van der Waals surface area contributed by atoms with Crippen LogP contribution in [0.1, 0.15) is 18.4 Å². The smallest absolute Gasteiger partial charge is 0.322 e. The Kier molecular flexibility index (Phi) is 4.98. The molecule has 22 heavy (non-hydrogen) atoms. The van der Waals surface area contributed by atoms with Gasteiger partial charge in [0, 0.05) is 32.7 Å². The van der Waals surface area contributed by atoms with Gasteiger partial charge in [0.15, 0.2) is 0 Å². The summed E-state index contributed by atoms with van der Waals surface area (Å²) in [5.74, 6) is -0.527. The summed E-state index contributed by atoms with van der Waals surface area (Å²) < 4.78 is 0. The predicted molar refractivity (Wildman–Crippen MR) is 82.3 cm³/mol. The highest BCUT2D eigenvalue weighted by molar-refractivity contribution is 6.04. The van der Waals surface area contributed by atoms with Gasteiger partial charge in [-0.15, -0.1) is 0 Å². The Labute approximate surface area is 129 Å². The first-order valence-corrected chi connectivity index (χ1v) is 7.10. The molecule has 1 aromatic rings. The maximum atomic E-state index is 11.8. The van der Waals surface area contributed by atoms with Crippen LogP contribution in [-0.2, 0) is 16.1 Å². The Morgan fingerprint density at radius 3 is 2.73 bits per heavy atom. The molecule has 0 spiro atoms. The molecule has 1 heterocycles. The average Bonchev–Trinajstić information content (AvgIpc) is 2.81. The summed E-state index contributed by atoms with van der Waals surface area (Å²) in [5.41, 5.74) is 2.07. The van der Waals surface area contributed by atoms with Crippen molar-refractivity contribution in [3.63, 3.8) is 0 Å². The highest BCUT2D eigenvalue weighted by Gasteiger charge is 2.29. The van der Waals surface area contributed by atoms with E-state index in [1.165, 1.54) is 0 Å². The Morgan fingerprint density at radius 1 is 1.32 bits per heavy atom. The van der Waals surface area contributed by atoms with Gasteiger partial charge < -0.3 is 15.5 Å². The van der Waals surface area contributed by atoms with E-state index in [4.69, 9.17) is 0 Å². The molecular formula is C15H20N4O3. The van der Waals surface area contributed by atoms with E-state index >= 15 is 0 Å². The van der Waals surface area contributed by atoms with Crippen LogP contribution in [0.3, 0.4) is 0 Å². The van der Waals surface area contributed by atoms with Crippen molar-refractivity contribution in [2.45, 2.75) is 25.4 Å². The molecule has 0 unspecified atom stereocenters. The second-order valence-electron chi connectivity index (χ2n) is 5.40. The van der Waals surface area contributed by atoms with Crippen LogP contribution in [-0.4, -0.2) is 38.0 Å². The number of imide groups is 1. The lowest BCUT2D eigenvalue weighted by Crippen LogP contribution is -2.31. The van der Waals surface area contributed by atoms with Crippen molar-refractivity contribution in [1.29, 1.82) is 0 Å². The number of anilines is 1. The second kappa shape index (κ2) is 6.93. The number of urea groups is 1. The minimum absolute atomic E-state index is 0.149. The second-order valence-corrected chi connectivity index (χ2v) is 5.40. The number of carbonyl (C=O) groups excluding carboxylic acids is 3. The van der Waals surface area contributed by atoms with Crippen molar-refractivity contribution in [1.82, 2.24) is 16.0 Å². The quantitative estimate of drug-likeness (QED) is 0.662. The van der Waals surface area contributed by atoms with Crippen LogP contribution in [0.5, 0.6) is 0 Å². The number of amides is 4. The Morgan fingerprint density at radius 2 is 2.09 bits per heavy atom. The van der Waals surface area contributed by atoms with Gasteiger partial charge >= 0.3 is 6.03 Å². The van der Waals surface area contributed by atoms with Gasteiger partial charge in [0.05, 0.1) is 0 Å². The van der Waals surface area contributed by atoms with E-state index in [9.17, 15) is 14.4 Å².